The molecule has 25 heavy (non-hydrogen) atoms. The Bertz CT molecular complexity index is 867. The molecule has 1 heterocycles. The summed E-state index contributed by atoms with van der Waals surface area (Å²) < 4.78 is 16.4. The summed E-state index contributed by atoms with van der Waals surface area (Å²) in [5.41, 5.74) is 0.989. The van der Waals surface area contributed by atoms with Gasteiger partial charge in [0, 0.05) is 0 Å². The number of carbonyl (C=O) groups excluding carboxylic acids is 1. The Morgan fingerprint density at radius 1 is 1.36 bits per heavy atom. The lowest BCUT2D eigenvalue weighted by Gasteiger charge is -2.16. The van der Waals surface area contributed by atoms with Gasteiger partial charge in [0.15, 0.2) is 11.4 Å². The molecule has 1 atom stereocenters. The van der Waals surface area contributed by atoms with E-state index in [9.17, 15) is 9.36 Å². The first-order valence-electron chi connectivity index (χ1n) is 6.74. The summed E-state index contributed by atoms with van der Waals surface area (Å²) in [6.45, 7) is 3.11. The normalized spacial score (nSPS) is 12.9. The lowest BCUT2D eigenvalue weighted by Crippen LogP contribution is -2.21. The molecule has 12 heteroatoms. The molecule has 0 spiro atoms. The van der Waals surface area contributed by atoms with E-state index in [2.05, 4.69) is 14.9 Å². The second kappa shape index (κ2) is 7.63. The van der Waals surface area contributed by atoms with Crippen molar-refractivity contribution in [3.63, 3.8) is 0 Å². The molecule has 3 N–H and O–H groups in total. The third kappa shape index (κ3) is 4.95. The number of anilines is 1. The van der Waals surface area contributed by atoms with Crippen LogP contribution in [0.2, 0.25) is 15.2 Å². The van der Waals surface area contributed by atoms with E-state index in [0.717, 1.165) is 10.2 Å². The van der Waals surface area contributed by atoms with Gasteiger partial charge in [0.1, 0.15) is 10.7 Å². The Morgan fingerprint density at radius 2 is 2.00 bits per heavy atom. The van der Waals surface area contributed by atoms with Crippen LogP contribution >= 0.6 is 42.6 Å². The summed E-state index contributed by atoms with van der Waals surface area (Å²) >= 11 is 17.9. The maximum Gasteiger partial charge on any atom is 0.471 e. The van der Waals surface area contributed by atoms with Gasteiger partial charge in [-0.3, -0.25) is 9.32 Å². The summed E-state index contributed by atoms with van der Waals surface area (Å²) in [5, 5.41) is 6.22. The van der Waals surface area contributed by atoms with Crippen molar-refractivity contribution in [3.05, 3.63) is 44.7 Å². The minimum absolute atomic E-state index is 0.191. The monoisotopic (exact) mass is 427 g/mol. The molecule has 0 fully saturated rings. The smallest absolute Gasteiger partial charge is 0.319 e. The Balaban J connectivity index is 2.37. The van der Waals surface area contributed by atoms with E-state index >= 15 is 0 Å². The van der Waals surface area contributed by atoms with E-state index in [1.807, 2.05) is 6.92 Å². The number of amides is 1. The lowest BCUT2D eigenvalue weighted by atomic mass is 10.2. The molecular weight excluding hydrogens is 415 g/mol. The Hall–Kier alpha value is -1.12. The van der Waals surface area contributed by atoms with Crippen molar-refractivity contribution in [1.82, 2.24) is 9.78 Å². The number of phosphoric ester groups is 1. The van der Waals surface area contributed by atoms with Crippen molar-refractivity contribution in [2.45, 2.75) is 20.1 Å². The highest BCUT2D eigenvalue weighted by Crippen LogP contribution is 2.41. The van der Waals surface area contributed by atoms with Crippen molar-refractivity contribution < 1.29 is 23.7 Å². The average molecular weight is 429 g/mol. The first kappa shape index (κ1) is 20.2. The van der Waals surface area contributed by atoms with Crippen LogP contribution in [0.4, 0.5) is 5.69 Å². The molecule has 0 bridgehead atoms. The number of halogens is 3. The lowest BCUT2D eigenvalue weighted by molar-refractivity contribution is 0.0804. The summed E-state index contributed by atoms with van der Waals surface area (Å²) in [6, 6.07) is 5.00. The second-order valence-corrected chi connectivity index (χ2v) is 7.37. The molecule has 0 saturated heterocycles. The van der Waals surface area contributed by atoms with Gasteiger partial charge in [0.2, 0.25) is 0 Å². The van der Waals surface area contributed by atoms with Crippen LogP contribution in [0.25, 0.3) is 0 Å². The summed E-state index contributed by atoms with van der Waals surface area (Å²) in [6.07, 6.45) is -1.31. The SMILES string of the molecule is Cc1ccc(NC(=O)c2c(Cl)c(Cl)nn2C(C)OP(=O)(O)O)c(Cl)c1. The van der Waals surface area contributed by atoms with E-state index in [1.165, 1.54) is 6.92 Å². The number of hydrogen-bond donors (Lipinski definition) is 3. The van der Waals surface area contributed by atoms with Gasteiger partial charge in [0.25, 0.3) is 5.91 Å². The zero-order chi connectivity index (χ0) is 18.9. The minimum atomic E-state index is -4.82. The van der Waals surface area contributed by atoms with Crippen LogP contribution in [-0.2, 0) is 9.09 Å². The molecule has 0 aliphatic heterocycles. The zero-order valence-electron chi connectivity index (χ0n) is 12.9. The van der Waals surface area contributed by atoms with Gasteiger partial charge in [-0.1, -0.05) is 40.9 Å². The highest BCUT2D eigenvalue weighted by molar-refractivity contribution is 7.46. The van der Waals surface area contributed by atoms with Crippen molar-refractivity contribution in [2.24, 2.45) is 0 Å². The molecule has 1 aromatic heterocycles. The molecule has 0 saturated carbocycles. The second-order valence-electron chi connectivity index (χ2n) is 5.03. The van der Waals surface area contributed by atoms with Gasteiger partial charge in [0.05, 0.1) is 10.7 Å². The third-order valence-electron chi connectivity index (χ3n) is 3.04. The predicted octanol–water partition coefficient (Wildman–Crippen LogP) is 4.03. The summed E-state index contributed by atoms with van der Waals surface area (Å²) in [4.78, 5) is 30.4. The largest absolute Gasteiger partial charge is 0.471 e. The molecule has 0 radical (unpaired) electrons. The molecular formula is C13H13Cl3N3O5P. The van der Waals surface area contributed by atoms with Crippen LogP contribution < -0.4 is 5.32 Å². The number of hydrogen-bond acceptors (Lipinski definition) is 4. The molecule has 0 aliphatic carbocycles. The van der Waals surface area contributed by atoms with Crippen LogP contribution in [0.3, 0.4) is 0 Å². The topological polar surface area (TPSA) is 114 Å². The molecule has 1 unspecified atom stereocenters. The molecule has 136 valence electrons. The maximum absolute atomic E-state index is 12.6. The third-order valence-corrected chi connectivity index (χ3v) is 4.65. The van der Waals surface area contributed by atoms with Crippen molar-refractivity contribution in [2.75, 3.05) is 5.32 Å². The van der Waals surface area contributed by atoms with Gasteiger partial charge in [-0.2, -0.15) is 5.10 Å². The van der Waals surface area contributed by atoms with Gasteiger partial charge in [-0.15, -0.1) is 0 Å². The molecule has 1 amide bonds. The summed E-state index contributed by atoms with van der Waals surface area (Å²) in [7, 11) is -4.82. The van der Waals surface area contributed by atoms with E-state index in [1.54, 1.807) is 18.2 Å². The Morgan fingerprint density at radius 3 is 2.56 bits per heavy atom. The van der Waals surface area contributed by atoms with Crippen molar-refractivity contribution in [1.29, 1.82) is 0 Å². The number of aryl methyl sites for hydroxylation is 1. The number of aromatic nitrogens is 2. The van der Waals surface area contributed by atoms with Crippen LogP contribution in [0.5, 0.6) is 0 Å². The highest BCUT2D eigenvalue weighted by atomic mass is 35.5. The van der Waals surface area contributed by atoms with E-state index in [0.29, 0.717) is 10.7 Å². The molecule has 2 rings (SSSR count). The highest BCUT2D eigenvalue weighted by Gasteiger charge is 2.28. The number of nitrogens with zero attached hydrogens (tertiary/aromatic N) is 2. The van der Waals surface area contributed by atoms with Crippen molar-refractivity contribution >= 4 is 54.2 Å². The van der Waals surface area contributed by atoms with Crippen LogP contribution in [-0.4, -0.2) is 25.5 Å². The fourth-order valence-corrected chi connectivity index (χ4v) is 3.15. The first-order chi connectivity index (χ1) is 11.5. The van der Waals surface area contributed by atoms with Crippen LogP contribution in [0, 0.1) is 6.92 Å². The summed E-state index contributed by atoms with van der Waals surface area (Å²) in [5.74, 6) is -0.726. The van der Waals surface area contributed by atoms with E-state index < -0.39 is 20.0 Å². The standard InChI is InChI=1S/C13H13Cl3N3O5P/c1-6-3-4-9(8(14)5-6)17-13(20)11-10(15)12(16)18-19(11)7(2)24-25(21,22)23/h3-5,7H,1-2H3,(H,17,20)(H2,21,22,23). The Labute approximate surface area is 157 Å². The predicted molar refractivity (Wildman–Crippen MR) is 94.2 cm³/mol. The molecule has 0 aliphatic rings. The quantitative estimate of drug-likeness (QED) is 0.620. The first-order valence-corrected chi connectivity index (χ1v) is 9.41. The number of benzene rings is 1. The van der Waals surface area contributed by atoms with Crippen LogP contribution in [0.15, 0.2) is 18.2 Å². The van der Waals surface area contributed by atoms with E-state index in [4.69, 9.17) is 44.6 Å². The van der Waals surface area contributed by atoms with Gasteiger partial charge < -0.3 is 15.1 Å². The molecule has 2 aromatic rings. The number of nitrogens with one attached hydrogen (secondary N) is 1. The fraction of sp³-hybridized carbons (Fsp3) is 0.231. The number of rotatable bonds is 5. The molecule has 1 aromatic carbocycles. The molecule has 8 nitrogen and oxygen atoms in total. The number of phosphoric acid groups is 1. The minimum Gasteiger partial charge on any atom is -0.319 e. The average Bonchev–Trinajstić information content (AvgIpc) is 2.76. The van der Waals surface area contributed by atoms with Crippen molar-refractivity contribution in [3.8, 4) is 0 Å². The zero-order valence-corrected chi connectivity index (χ0v) is 16.1. The van der Waals surface area contributed by atoms with Gasteiger partial charge >= 0.3 is 7.82 Å². The van der Waals surface area contributed by atoms with Crippen LogP contribution in [0.1, 0.15) is 29.2 Å². The maximum atomic E-state index is 12.6. The fourth-order valence-electron chi connectivity index (χ4n) is 2.00. The van der Waals surface area contributed by atoms with Gasteiger partial charge in [-0.25, -0.2) is 9.25 Å². The number of carbonyl (C=O) groups is 1. The van der Waals surface area contributed by atoms with Gasteiger partial charge in [-0.05, 0) is 31.5 Å². The van der Waals surface area contributed by atoms with E-state index in [-0.39, 0.29) is 15.9 Å². The Kier molecular flexibility index (Phi) is 6.17.